The molecule has 0 aromatic rings. The minimum Gasteiger partial charge on any atom is -0.317 e. The van der Waals surface area contributed by atoms with Gasteiger partial charge >= 0.3 is 0 Å². The first-order chi connectivity index (χ1) is 7.53. The number of fused-ring (bicyclic) bond motifs is 1. The summed E-state index contributed by atoms with van der Waals surface area (Å²) in [6, 6.07) is 0.591. The van der Waals surface area contributed by atoms with Crippen LogP contribution in [0.15, 0.2) is 0 Å². The molecule has 1 N–H and O–H groups in total. The normalized spacial score (nSPS) is 33.0. The summed E-state index contributed by atoms with van der Waals surface area (Å²) in [4.78, 5) is 2.71. The number of likely N-dealkylation sites (tertiary alicyclic amines) is 1. The first kappa shape index (κ1) is 12.4. The van der Waals surface area contributed by atoms with Gasteiger partial charge < -0.3 is 10.2 Å². The predicted octanol–water partition coefficient (Wildman–Crippen LogP) is 2.35. The second kappa shape index (κ2) is 4.66. The zero-order valence-electron chi connectivity index (χ0n) is 11.4. The fraction of sp³-hybridized carbons (Fsp3) is 1.00. The molecule has 0 spiro atoms. The van der Waals surface area contributed by atoms with Crippen LogP contribution in [0.25, 0.3) is 0 Å². The van der Waals surface area contributed by atoms with Crippen LogP contribution in [-0.4, -0.2) is 37.6 Å². The minimum atomic E-state index is 0.382. The van der Waals surface area contributed by atoms with Gasteiger partial charge in [0.2, 0.25) is 0 Å². The lowest BCUT2D eigenvalue weighted by Crippen LogP contribution is -2.45. The van der Waals surface area contributed by atoms with Gasteiger partial charge in [0, 0.05) is 25.7 Å². The van der Waals surface area contributed by atoms with Gasteiger partial charge in [-0.15, -0.1) is 0 Å². The smallest absolute Gasteiger partial charge is 0.00991 e. The average Bonchev–Trinajstić information content (AvgIpc) is 2.75. The van der Waals surface area contributed by atoms with Crippen molar-refractivity contribution < 1.29 is 0 Å². The molecule has 0 aromatic carbocycles. The van der Waals surface area contributed by atoms with Crippen LogP contribution < -0.4 is 5.32 Å². The second-order valence-electron chi connectivity index (χ2n) is 6.64. The van der Waals surface area contributed by atoms with Gasteiger partial charge in [-0.2, -0.15) is 0 Å². The molecule has 16 heavy (non-hydrogen) atoms. The van der Waals surface area contributed by atoms with Crippen molar-refractivity contribution in [1.82, 2.24) is 10.2 Å². The van der Waals surface area contributed by atoms with E-state index in [4.69, 9.17) is 0 Å². The molecule has 2 fully saturated rings. The summed E-state index contributed by atoms with van der Waals surface area (Å²) < 4.78 is 0. The lowest BCUT2D eigenvalue weighted by Gasteiger charge is -2.35. The Bertz CT molecular complexity index is 225. The molecule has 2 nitrogen and oxygen atoms in total. The fourth-order valence-corrected chi connectivity index (χ4v) is 3.57. The van der Waals surface area contributed by atoms with E-state index < -0.39 is 0 Å². The molecule has 0 radical (unpaired) electrons. The highest BCUT2D eigenvalue weighted by Gasteiger charge is 2.38. The largest absolute Gasteiger partial charge is 0.317 e. The van der Waals surface area contributed by atoms with E-state index in [9.17, 15) is 0 Å². The minimum absolute atomic E-state index is 0.382. The van der Waals surface area contributed by atoms with Crippen molar-refractivity contribution in [1.29, 1.82) is 0 Å². The van der Waals surface area contributed by atoms with Crippen LogP contribution in [0, 0.1) is 17.3 Å². The zero-order chi connectivity index (χ0) is 11.8. The summed E-state index contributed by atoms with van der Waals surface area (Å²) in [5.41, 5.74) is 0.382. The van der Waals surface area contributed by atoms with E-state index in [-0.39, 0.29) is 0 Å². The topological polar surface area (TPSA) is 15.3 Å². The van der Waals surface area contributed by atoms with Gasteiger partial charge in [-0.3, -0.25) is 0 Å². The number of nitrogens with one attached hydrogen (secondary N) is 1. The van der Waals surface area contributed by atoms with Gasteiger partial charge in [0.05, 0.1) is 0 Å². The Morgan fingerprint density at radius 1 is 1.25 bits per heavy atom. The van der Waals surface area contributed by atoms with E-state index >= 15 is 0 Å². The summed E-state index contributed by atoms with van der Waals surface area (Å²) in [6.07, 6.45) is 4.46. The first-order valence-corrected chi connectivity index (χ1v) is 6.92. The monoisotopic (exact) mass is 224 g/mol. The van der Waals surface area contributed by atoms with Crippen molar-refractivity contribution in [3.05, 3.63) is 0 Å². The first-order valence-electron chi connectivity index (χ1n) is 6.92. The van der Waals surface area contributed by atoms with Gasteiger partial charge in [-0.05, 0) is 44.1 Å². The van der Waals surface area contributed by atoms with Crippen LogP contribution in [0.4, 0.5) is 0 Å². The molecule has 3 atom stereocenters. The molecule has 1 aliphatic carbocycles. The maximum absolute atomic E-state index is 3.40. The van der Waals surface area contributed by atoms with Crippen molar-refractivity contribution in [2.24, 2.45) is 17.3 Å². The number of hydrogen-bond donors (Lipinski definition) is 1. The zero-order valence-corrected chi connectivity index (χ0v) is 11.4. The molecule has 0 amide bonds. The Morgan fingerprint density at radius 2 is 1.81 bits per heavy atom. The van der Waals surface area contributed by atoms with Crippen LogP contribution >= 0.6 is 0 Å². The van der Waals surface area contributed by atoms with Crippen molar-refractivity contribution in [3.63, 3.8) is 0 Å². The molecule has 2 aliphatic rings. The van der Waals surface area contributed by atoms with Crippen LogP contribution in [0.3, 0.4) is 0 Å². The summed E-state index contributed by atoms with van der Waals surface area (Å²) in [7, 11) is 2.07. The lowest BCUT2D eigenvalue weighted by molar-refractivity contribution is 0.160. The van der Waals surface area contributed by atoms with Crippen LogP contribution in [-0.2, 0) is 0 Å². The van der Waals surface area contributed by atoms with Crippen molar-refractivity contribution >= 4 is 0 Å². The Kier molecular flexibility index (Phi) is 3.60. The molecule has 1 heterocycles. The molecule has 3 unspecified atom stereocenters. The Labute approximate surface area is 101 Å². The summed E-state index contributed by atoms with van der Waals surface area (Å²) in [5.74, 6) is 2.06. The highest BCUT2D eigenvalue weighted by atomic mass is 15.2. The maximum atomic E-state index is 3.40. The van der Waals surface area contributed by atoms with Crippen LogP contribution in [0.1, 0.15) is 40.0 Å². The summed E-state index contributed by atoms with van der Waals surface area (Å²) >= 11 is 0. The lowest BCUT2D eigenvalue weighted by atomic mass is 9.85. The Morgan fingerprint density at radius 3 is 2.31 bits per heavy atom. The molecule has 2 heteroatoms. The van der Waals surface area contributed by atoms with Gasteiger partial charge in [0.1, 0.15) is 0 Å². The van der Waals surface area contributed by atoms with E-state index in [0.717, 1.165) is 11.8 Å². The number of rotatable bonds is 4. The van der Waals surface area contributed by atoms with Gasteiger partial charge in [0.15, 0.2) is 0 Å². The standard InChI is InChI=1S/C14H28N2/c1-11(15-4)14(2,3)10-16-8-12-6-5-7-13(12)9-16/h11-13,15H,5-10H2,1-4H3. The fourth-order valence-electron chi connectivity index (χ4n) is 3.57. The van der Waals surface area contributed by atoms with E-state index in [1.54, 1.807) is 0 Å². The molecular formula is C14H28N2. The molecule has 2 rings (SSSR count). The molecular weight excluding hydrogens is 196 g/mol. The van der Waals surface area contributed by atoms with Gasteiger partial charge in [-0.1, -0.05) is 20.3 Å². The van der Waals surface area contributed by atoms with Gasteiger partial charge in [0.25, 0.3) is 0 Å². The van der Waals surface area contributed by atoms with Crippen LogP contribution in [0.5, 0.6) is 0 Å². The van der Waals surface area contributed by atoms with E-state index in [0.29, 0.717) is 11.5 Å². The van der Waals surface area contributed by atoms with Gasteiger partial charge in [-0.25, -0.2) is 0 Å². The average molecular weight is 224 g/mol. The number of hydrogen-bond acceptors (Lipinski definition) is 2. The SMILES string of the molecule is CNC(C)C(C)(C)CN1CC2CCCC2C1. The quantitative estimate of drug-likeness (QED) is 0.788. The third kappa shape index (κ3) is 2.43. The maximum Gasteiger partial charge on any atom is 0.00991 e. The van der Waals surface area contributed by atoms with E-state index in [1.165, 1.54) is 38.9 Å². The molecule has 94 valence electrons. The number of nitrogens with zero attached hydrogens (tertiary/aromatic N) is 1. The van der Waals surface area contributed by atoms with Crippen molar-refractivity contribution in [2.75, 3.05) is 26.7 Å². The third-order valence-electron chi connectivity index (χ3n) is 5.04. The summed E-state index contributed by atoms with van der Waals surface area (Å²) in [6.45, 7) is 11.1. The second-order valence-corrected chi connectivity index (χ2v) is 6.64. The summed E-state index contributed by atoms with van der Waals surface area (Å²) in [5, 5.41) is 3.40. The van der Waals surface area contributed by atoms with Crippen LogP contribution in [0.2, 0.25) is 0 Å². The third-order valence-corrected chi connectivity index (χ3v) is 5.04. The highest BCUT2D eigenvalue weighted by Crippen LogP contribution is 2.38. The van der Waals surface area contributed by atoms with Crippen molar-refractivity contribution in [3.8, 4) is 0 Å². The Hall–Kier alpha value is -0.0800. The molecule has 0 bridgehead atoms. The van der Waals surface area contributed by atoms with Crippen molar-refractivity contribution in [2.45, 2.75) is 46.1 Å². The molecule has 1 aliphatic heterocycles. The molecule has 1 saturated heterocycles. The Balaban J connectivity index is 1.86. The van der Waals surface area contributed by atoms with E-state index in [1.807, 2.05) is 0 Å². The molecule has 1 saturated carbocycles. The molecule has 0 aromatic heterocycles. The predicted molar refractivity (Wildman–Crippen MR) is 69.6 cm³/mol. The van der Waals surface area contributed by atoms with E-state index in [2.05, 4.69) is 38.0 Å². The highest BCUT2D eigenvalue weighted by molar-refractivity contribution is 4.92.